The quantitative estimate of drug-likeness (QED) is 0.700. The lowest BCUT2D eigenvalue weighted by molar-refractivity contribution is 0.944. The first-order valence-electron chi connectivity index (χ1n) is 3.74. The van der Waals surface area contributed by atoms with Crippen molar-refractivity contribution in [2.45, 2.75) is 6.42 Å². The zero-order valence-corrected chi connectivity index (χ0v) is 7.29. The smallest absolute Gasteiger partial charge is 0.0683 e. The topological polar surface area (TPSA) is 25.8 Å². The summed E-state index contributed by atoms with van der Waals surface area (Å²) in [5.74, 6) is 0. The Morgan fingerprint density at radius 3 is 2.92 bits per heavy atom. The van der Waals surface area contributed by atoms with Gasteiger partial charge in [0.2, 0.25) is 0 Å². The van der Waals surface area contributed by atoms with Crippen LogP contribution in [0.5, 0.6) is 0 Å². The van der Waals surface area contributed by atoms with Crippen LogP contribution in [0.15, 0.2) is 35.8 Å². The van der Waals surface area contributed by atoms with E-state index in [9.17, 15) is 0 Å². The molecule has 0 amide bonds. The van der Waals surface area contributed by atoms with E-state index >= 15 is 0 Å². The monoisotopic (exact) mass is 176 g/mol. The molecule has 0 aromatic carbocycles. The standard InChI is InChI=1S/C9H8N2S/c1-3-8(11-10-5-1)7-9-4-2-6-12-9/h1-6H,7H2. The summed E-state index contributed by atoms with van der Waals surface area (Å²) in [5.41, 5.74) is 1.03. The van der Waals surface area contributed by atoms with Crippen molar-refractivity contribution in [2.24, 2.45) is 0 Å². The van der Waals surface area contributed by atoms with Crippen LogP contribution in [0.3, 0.4) is 0 Å². The fraction of sp³-hybridized carbons (Fsp3) is 0.111. The third-order valence-electron chi connectivity index (χ3n) is 1.56. The lowest BCUT2D eigenvalue weighted by Crippen LogP contribution is -1.90. The zero-order valence-electron chi connectivity index (χ0n) is 6.47. The molecule has 0 radical (unpaired) electrons. The van der Waals surface area contributed by atoms with E-state index in [2.05, 4.69) is 27.7 Å². The Balaban J connectivity index is 2.15. The molecule has 0 fully saturated rings. The van der Waals surface area contributed by atoms with E-state index in [1.807, 2.05) is 12.1 Å². The Hall–Kier alpha value is -1.22. The third kappa shape index (κ3) is 1.68. The average Bonchev–Trinajstić information content (AvgIpc) is 2.59. The van der Waals surface area contributed by atoms with Gasteiger partial charge in [0.15, 0.2) is 0 Å². The summed E-state index contributed by atoms with van der Waals surface area (Å²) in [5, 5.41) is 9.91. The maximum absolute atomic E-state index is 4.01. The summed E-state index contributed by atoms with van der Waals surface area (Å²) in [6, 6.07) is 8.07. The molecule has 0 saturated heterocycles. The Morgan fingerprint density at radius 1 is 1.25 bits per heavy atom. The molecule has 0 spiro atoms. The molecule has 2 aromatic rings. The number of rotatable bonds is 2. The highest BCUT2D eigenvalue weighted by Crippen LogP contribution is 2.12. The van der Waals surface area contributed by atoms with Crippen molar-refractivity contribution in [1.82, 2.24) is 10.2 Å². The number of hydrogen-bond acceptors (Lipinski definition) is 3. The van der Waals surface area contributed by atoms with E-state index in [4.69, 9.17) is 0 Å². The molecule has 0 aliphatic carbocycles. The minimum Gasteiger partial charge on any atom is -0.159 e. The lowest BCUT2D eigenvalue weighted by atomic mass is 10.2. The number of aromatic nitrogens is 2. The summed E-state index contributed by atoms with van der Waals surface area (Å²) in [4.78, 5) is 1.33. The Bertz CT molecular complexity index is 329. The molecular formula is C9H8N2S. The second-order valence-electron chi connectivity index (χ2n) is 2.47. The van der Waals surface area contributed by atoms with Gasteiger partial charge in [-0.2, -0.15) is 10.2 Å². The van der Waals surface area contributed by atoms with E-state index in [0.717, 1.165) is 12.1 Å². The molecule has 0 aliphatic heterocycles. The van der Waals surface area contributed by atoms with Crippen molar-refractivity contribution in [2.75, 3.05) is 0 Å². The maximum atomic E-state index is 4.01. The van der Waals surface area contributed by atoms with E-state index in [0.29, 0.717) is 0 Å². The summed E-state index contributed by atoms with van der Waals surface area (Å²) in [6.45, 7) is 0. The summed E-state index contributed by atoms with van der Waals surface area (Å²) < 4.78 is 0. The first-order valence-corrected chi connectivity index (χ1v) is 4.62. The van der Waals surface area contributed by atoms with Gasteiger partial charge < -0.3 is 0 Å². The van der Waals surface area contributed by atoms with Gasteiger partial charge in [0.1, 0.15) is 0 Å². The fourth-order valence-corrected chi connectivity index (χ4v) is 1.74. The molecule has 0 N–H and O–H groups in total. The molecule has 0 bridgehead atoms. The van der Waals surface area contributed by atoms with Crippen LogP contribution < -0.4 is 0 Å². The highest BCUT2D eigenvalue weighted by Gasteiger charge is 1.96. The van der Waals surface area contributed by atoms with Crippen molar-refractivity contribution >= 4 is 11.3 Å². The normalized spacial score (nSPS) is 10.0. The van der Waals surface area contributed by atoms with Gasteiger partial charge >= 0.3 is 0 Å². The van der Waals surface area contributed by atoms with Crippen molar-refractivity contribution in [3.05, 3.63) is 46.4 Å². The number of thiophene rings is 1. The minimum atomic E-state index is 0.894. The van der Waals surface area contributed by atoms with Crippen molar-refractivity contribution in [3.8, 4) is 0 Å². The largest absolute Gasteiger partial charge is 0.159 e. The zero-order chi connectivity index (χ0) is 8.23. The van der Waals surface area contributed by atoms with Gasteiger partial charge in [-0.15, -0.1) is 11.3 Å². The van der Waals surface area contributed by atoms with Crippen molar-refractivity contribution in [1.29, 1.82) is 0 Å². The van der Waals surface area contributed by atoms with Gasteiger partial charge in [-0.1, -0.05) is 6.07 Å². The number of nitrogens with zero attached hydrogens (tertiary/aromatic N) is 2. The Morgan fingerprint density at radius 2 is 2.25 bits per heavy atom. The molecule has 0 unspecified atom stereocenters. The molecule has 0 aliphatic rings. The highest BCUT2D eigenvalue weighted by atomic mass is 32.1. The van der Waals surface area contributed by atoms with Crippen LogP contribution in [-0.2, 0) is 6.42 Å². The molecule has 2 aromatic heterocycles. The third-order valence-corrected chi connectivity index (χ3v) is 2.44. The first kappa shape index (κ1) is 7.43. The second-order valence-corrected chi connectivity index (χ2v) is 3.50. The molecule has 3 heteroatoms. The molecule has 12 heavy (non-hydrogen) atoms. The molecule has 2 heterocycles. The van der Waals surface area contributed by atoms with Crippen LogP contribution in [0.25, 0.3) is 0 Å². The molecule has 0 atom stereocenters. The van der Waals surface area contributed by atoms with Crippen molar-refractivity contribution < 1.29 is 0 Å². The van der Waals surface area contributed by atoms with Crippen LogP contribution in [0, 0.1) is 0 Å². The minimum absolute atomic E-state index is 0.894. The average molecular weight is 176 g/mol. The first-order chi connectivity index (χ1) is 5.95. The summed E-state index contributed by atoms with van der Waals surface area (Å²) in [6.07, 6.45) is 2.59. The van der Waals surface area contributed by atoms with E-state index in [-0.39, 0.29) is 0 Å². The predicted molar refractivity (Wildman–Crippen MR) is 49.2 cm³/mol. The van der Waals surface area contributed by atoms with Gasteiger partial charge in [0.25, 0.3) is 0 Å². The highest BCUT2D eigenvalue weighted by molar-refractivity contribution is 7.09. The van der Waals surface area contributed by atoms with Gasteiger partial charge in [0, 0.05) is 17.5 Å². The van der Waals surface area contributed by atoms with Gasteiger partial charge in [-0.3, -0.25) is 0 Å². The second kappa shape index (κ2) is 3.45. The van der Waals surface area contributed by atoms with E-state index < -0.39 is 0 Å². The van der Waals surface area contributed by atoms with Gasteiger partial charge in [0.05, 0.1) is 5.69 Å². The van der Waals surface area contributed by atoms with Crippen LogP contribution in [0.1, 0.15) is 10.6 Å². The van der Waals surface area contributed by atoms with Crippen LogP contribution in [0.4, 0.5) is 0 Å². The van der Waals surface area contributed by atoms with E-state index in [1.165, 1.54) is 4.88 Å². The molecule has 60 valence electrons. The summed E-state index contributed by atoms with van der Waals surface area (Å²) in [7, 11) is 0. The van der Waals surface area contributed by atoms with E-state index in [1.54, 1.807) is 17.5 Å². The SMILES string of the molecule is c1cnnc(Cc2cccs2)c1. The van der Waals surface area contributed by atoms with Crippen molar-refractivity contribution in [3.63, 3.8) is 0 Å². The molecular weight excluding hydrogens is 168 g/mol. The maximum Gasteiger partial charge on any atom is 0.0683 e. The fourth-order valence-electron chi connectivity index (χ4n) is 1.02. The molecule has 2 nitrogen and oxygen atoms in total. The predicted octanol–water partition coefficient (Wildman–Crippen LogP) is 2.13. The van der Waals surface area contributed by atoms with Crippen LogP contribution >= 0.6 is 11.3 Å². The number of hydrogen-bond donors (Lipinski definition) is 0. The van der Waals surface area contributed by atoms with Crippen LogP contribution in [0.2, 0.25) is 0 Å². The molecule has 2 rings (SSSR count). The molecule has 0 saturated carbocycles. The van der Waals surface area contributed by atoms with Gasteiger partial charge in [-0.25, -0.2) is 0 Å². The lowest BCUT2D eigenvalue weighted by Gasteiger charge is -1.93. The Labute approximate surface area is 74.9 Å². The van der Waals surface area contributed by atoms with Gasteiger partial charge in [-0.05, 0) is 23.6 Å². The summed E-state index contributed by atoms with van der Waals surface area (Å²) >= 11 is 1.75. The van der Waals surface area contributed by atoms with Crippen LogP contribution in [-0.4, -0.2) is 10.2 Å². The Kier molecular flexibility index (Phi) is 2.14.